The lowest BCUT2D eigenvalue weighted by Crippen LogP contribution is -2.40. The van der Waals surface area contributed by atoms with Crippen molar-refractivity contribution < 1.29 is 9.90 Å². The van der Waals surface area contributed by atoms with Crippen LogP contribution in [-0.2, 0) is 4.79 Å². The van der Waals surface area contributed by atoms with Crippen LogP contribution in [-0.4, -0.2) is 42.7 Å². The predicted molar refractivity (Wildman–Crippen MR) is 89.3 cm³/mol. The van der Waals surface area contributed by atoms with Gasteiger partial charge in [0.1, 0.15) is 0 Å². The van der Waals surface area contributed by atoms with Crippen molar-refractivity contribution in [2.75, 3.05) is 20.6 Å². The molecule has 0 heterocycles. The summed E-state index contributed by atoms with van der Waals surface area (Å²) >= 11 is 6.32. The third-order valence-electron chi connectivity index (χ3n) is 4.56. The monoisotopic (exact) mass is 324 g/mol. The Morgan fingerprint density at radius 1 is 1.32 bits per heavy atom. The number of nitrogens with zero attached hydrogens (tertiary/aromatic N) is 1. The number of hydrogen-bond donors (Lipinski definition) is 2. The van der Waals surface area contributed by atoms with Gasteiger partial charge in [0.25, 0.3) is 0 Å². The van der Waals surface area contributed by atoms with Crippen molar-refractivity contribution in [3.8, 4) is 0 Å². The molecule has 122 valence electrons. The molecular weight excluding hydrogens is 300 g/mol. The zero-order chi connectivity index (χ0) is 16.1. The van der Waals surface area contributed by atoms with Gasteiger partial charge in [-0.2, -0.15) is 0 Å². The number of hydrogen-bond acceptors (Lipinski definition) is 3. The zero-order valence-corrected chi connectivity index (χ0v) is 14.0. The highest BCUT2D eigenvalue weighted by atomic mass is 35.5. The first-order chi connectivity index (χ1) is 10.5. The average molecular weight is 325 g/mol. The fourth-order valence-corrected chi connectivity index (χ4v) is 3.40. The highest BCUT2D eigenvalue weighted by Crippen LogP contribution is 2.27. The molecule has 0 radical (unpaired) electrons. The number of likely N-dealkylation sites (N-methyl/N-ethyl adjacent to an activating group) is 1. The highest BCUT2D eigenvalue weighted by Gasteiger charge is 2.26. The molecule has 1 unspecified atom stereocenters. The van der Waals surface area contributed by atoms with Gasteiger partial charge in [-0.3, -0.25) is 4.79 Å². The second-order valence-electron chi connectivity index (χ2n) is 6.30. The Morgan fingerprint density at radius 2 is 1.95 bits per heavy atom. The molecule has 1 aromatic carbocycles. The zero-order valence-electron chi connectivity index (χ0n) is 13.3. The number of nitrogens with one attached hydrogen (secondary N) is 1. The van der Waals surface area contributed by atoms with Crippen LogP contribution in [0, 0.1) is 5.92 Å². The molecule has 0 amide bonds. The van der Waals surface area contributed by atoms with Crippen LogP contribution in [0.5, 0.6) is 0 Å². The molecule has 2 N–H and O–H groups in total. The van der Waals surface area contributed by atoms with Crippen molar-refractivity contribution in [2.24, 2.45) is 5.92 Å². The van der Waals surface area contributed by atoms with Crippen LogP contribution in [0.15, 0.2) is 24.3 Å². The van der Waals surface area contributed by atoms with Gasteiger partial charge in [-0.05, 0) is 51.4 Å². The average Bonchev–Trinajstić information content (AvgIpc) is 2.49. The van der Waals surface area contributed by atoms with Crippen LogP contribution in [0.4, 0.5) is 0 Å². The number of halogens is 1. The molecular formula is C17H25ClN2O2. The van der Waals surface area contributed by atoms with E-state index in [1.165, 1.54) is 0 Å². The molecule has 0 saturated heterocycles. The predicted octanol–water partition coefficient (Wildman–Crippen LogP) is 3.18. The Balaban J connectivity index is 1.91. The van der Waals surface area contributed by atoms with Gasteiger partial charge in [-0.1, -0.05) is 29.8 Å². The molecule has 1 saturated carbocycles. The first-order valence-electron chi connectivity index (χ1n) is 7.86. The maximum atomic E-state index is 11.0. The summed E-state index contributed by atoms with van der Waals surface area (Å²) in [4.78, 5) is 13.2. The minimum absolute atomic E-state index is 0.161. The van der Waals surface area contributed by atoms with E-state index in [-0.39, 0.29) is 12.0 Å². The molecule has 1 aliphatic carbocycles. The Hall–Kier alpha value is -1.10. The van der Waals surface area contributed by atoms with Crippen LogP contribution in [0.25, 0.3) is 0 Å². The van der Waals surface area contributed by atoms with Gasteiger partial charge in [-0.15, -0.1) is 0 Å². The molecule has 0 spiro atoms. The second kappa shape index (κ2) is 7.95. The van der Waals surface area contributed by atoms with Crippen molar-refractivity contribution in [3.63, 3.8) is 0 Å². The number of carboxylic acids is 1. The van der Waals surface area contributed by atoms with Gasteiger partial charge >= 0.3 is 5.97 Å². The van der Waals surface area contributed by atoms with Crippen LogP contribution in [0.3, 0.4) is 0 Å². The lowest BCUT2D eigenvalue weighted by atomic mass is 9.86. The lowest BCUT2D eigenvalue weighted by molar-refractivity contribution is -0.142. The summed E-state index contributed by atoms with van der Waals surface area (Å²) in [5, 5.41) is 13.4. The van der Waals surface area contributed by atoms with E-state index in [1.807, 2.05) is 18.2 Å². The Morgan fingerprint density at radius 3 is 2.50 bits per heavy atom. The van der Waals surface area contributed by atoms with Gasteiger partial charge in [0, 0.05) is 23.7 Å². The summed E-state index contributed by atoms with van der Waals surface area (Å²) in [6.07, 6.45) is 3.40. The summed E-state index contributed by atoms with van der Waals surface area (Å²) in [6, 6.07) is 8.56. The van der Waals surface area contributed by atoms with E-state index >= 15 is 0 Å². The number of carbonyl (C=O) groups is 1. The number of carboxylic acid groups (broad SMARTS) is 1. The number of aliphatic carboxylic acids is 1. The van der Waals surface area contributed by atoms with Crippen molar-refractivity contribution in [2.45, 2.75) is 37.8 Å². The van der Waals surface area contributed by atoms with Crippen molar-refractivity contribution in [1.82, 2.24) is 10.2 Å². The van der Waals surface area contributed by atoms with E-state index in [4.69, 9.17) is 16.7 Å². The molecule has 5 heteroatoms. The summed E-state index contributed by atoms with van der Waals surface area (Å²) < 4.78 is 0. The van der Waals surface area contributed by atoms with Crippen LogP contribution >= 0.6 is 11.6 Å². The standard InChI is InChI=1S/C17H25ClN2O2/c1-20(2)16(14-5-3-4-6-15(14)18)11-19-13-9-7-12(8-10-13)17(21)22/h3-6,12-13,16,19H,7-11H2,1-2H3,(H,21,22). The third-order valence-corrected chi connectivity index (χ3v) is 4.91. The van der Waals surface area contributed by atoms with Gasteiger partial charge in [0.15, 0.2) is 0 Å². The highest BCUT2D eigenvalue weighted by molar-refractivity contribution is 6.31. The minimum atomic E-state index is -0.652. The Labute approximate surface area is 137 Å². The van der Waals surface area contributed by atoms with Gasteiger partial charge in [0.05, 0.1) is 5.92 Å². The van der Waals surface area contributed by atoms with E-state index in [1.54, 1.807) is 0 Å². The maximum absolute atomic E-state index is 11.0. The molecule has 0 bridgehead atoms. The molecule has 1 atom stereocenters. The minimum Gasteiger partial charge on any atom is -0.481 e. The van der Waals surface area contributed by atoms with E-state index in [9.17, 15) is 4.79 Å². The second-order valence-corrected chi connectivity index (χ2v) is 6.70. The Kier molecular flexibility index (Phi) is 6.24. The Bertz CT molecular complexity index is 499. The number of benzene rings is 1. The SMILES string of the molecule is CN(C)C(CNC1CCC(C(=O)O)CC1)c1ccccc1Cl. The van der Waals surface area contributed by atoms with Crippen LogP contribution < -0.4 is 5.32 Å². The first kappa shape index (κ1) is 17.3. The summed E-state index contributed by atoms with van der Waals surface area (Å²) in [5.41, 5.74) is 1.13. The lowest BCUT2D eigenvalue weighted by Gasteiger charge is -2.31. The van der Waals surface area contributed by atoms with Gasteiger partial charge < -0.3 is 15.3 Å². The normalized spacial score (nSPS) is 23.5. The largest absolute Gasteiger partial charge is 0.481 e. The molecule has 1 aliphatic rings. The summed E-state index contributed by atoms with van der Waals surface area (Å²) in [7, 11) is 4.11. The number of rotatable bonds is 6. The van der Waals surface area contributed by atoms with E-state index in [0.717, 1.165) is 42.8 Å². The topological polar surface area (TPSA) is 52.6 Å². The van der Waals surface area contributed by atoms with Crippen LogP contribution in [0.2, 0.25) is 5.02 Å². The van der Waals surface area contributed by atoms with Crippen molar-refractivity contribution >= 4 is 17.6 Å². The van der Waals surface area contributed by atoms with Gasteiger partial charge in [-0.25, -0.2) is 0 Å². The smallest absolute Gasteiger partial charge is 0.306 e. The summed E-state index contributed by atoms with van der Waals surface area (Å²) in [6.45, 7) is 0.819. The van der Waals surface area contributed by atoms with E-state index < -0.39 is 5.97 Å². The fraction of sp³-hybridized carbons (Fsp3) is 0.588. The van der Waals surface area contributed by atoms with Crippen molar-refractivity contribution in [3.05, 3.63) is 34.9 Å². The third kappa shape index (κ3) is 4.45. The van der Waals surface area contributed by atoms with E-state index in [2.05, 4.69) is 30.4 Å². The fourth-order valence-electron chi connectivity index (χ4n) is 3.14. The quantitative estimate of drug-likeness (QED) is 0.844. The maximum Gasteiger partial charge on any atom is 0.306 e. The molecule has 1 fully saturated rings. The molecule has 2 rings (SSSR count). The van der Waals surface area contributed by atoms with Crippen molar-refractivity contribution in [1.29, 1.82) is 0 Å². The van der Waals surface area contributed by atoms with Gasteiger partial charge in [0.2, 0.25) is 0 Å². The van der Waals surface area contributed by atoms with E-state index in [0.29, 0.717) is 6.04 Å². The summed E-state index contributed by atoms with van der Waals surface area (Å²) in [5.74, 6) is -0.813. The first-order valence-corrected chi connectivity index (χ1v) is 8.24. The molecule has 0 aliphatic heterocycles. The molecule has 22 heavy (non-hydrogen) atoms. The van der Waals surface area contributed by atoms with Crippen LogP contribution in [0.1, 0.15) is 37.3 Å². The molecule has 0 aromatic heterocycles. The molecule has 4 nitrogen and oxygen atoms in total. The molecule has 1 aromatic rings.